The number of amides is 1. The molecule has 0 aliphatic carbocycles. The summed E-state index contributed by atoms with van der Waals surface area (Å²) in [6.07, 6.45) is 0.707. The molecule has 0 fully saturated rings. The van der Waals surface area contributed by atoms with Gasteiger partial charge in [-0.3, -0.25) is 14.9 Å². The zero-order chi connectivity index (χ0) is 21.1. The average molecular weight is 419 g/mol. The molecule has 0 aliphatic rings. The number of rotatable bonds is 6. The second kappa shape index (κ2) is 8.30. The van der Waals surface area contributed by atoms with E-state index in [0.29, 0.717) is 12.1 Å². The van der Waals surface area contributed by atoms with E-state index >= 15 is 0 Å². The number of nitrogens with one attached hydrogen (secondary N) is 1. The number of para-hydroxylation sites is 1. The molecule has 8 heteroatoms. The number of hydrogen-bond donors (Lipinski definition) is 1. The monoisotopic (exact) mass is 419 g/mol. The fourth-order valence-corrected chi connectivity index (χ4v) is 4.05. The van der Waals surface area contributed by atoms with Crippen LogP contribution in [0.5, 0.6) is 5.75 Å². The SMILES string of the molecule is COc1ccc(C(=O)Nc2ccc(Cc3nc4ccccc4s3)cc2)cc1[N+](=O)[O-]. The number of thiazole rings is 1. The lowest BCUT2D eigenvalue weighted by Gasteiger charge is -2.07. The first kappa shape index (κ1) is 19.5. The molecule has 0 spiro atoms. The summed E-state index contributed by atoms with van der Waals surface area (Å²) in [7, 11) is 1.35. The van der Waals surface area contributed by atoms with Crippen LogP contribution in [0.3, 0.4) is 0 Å². The van der Waals surface area contributed by atoms with E-state index in [9.17, 15) is 14.9 Å². The first-order valence-corrected chi connectivity index (χ1v) is 9.92. The predicted octanol–water partition coefficient (Wildman–Crippen LogP) is 5.06. The van der Waals surface area contributed by atoms with Crippen molar-refractivity contribution in [1.82, 2.24) is 4.98 Å². The van der Waals surface area contributed by atoms with Gasteiger partial charge in [0.15, 0.2) is 5.75 Å². The summed E-state index contributed by atoms with van der Waals surface area (Å²) in [4.78, 5) is 27.7. The molecule has 0 radical (unpaired) electrons. The number of carbonyl (C=O) groups excluding carboxylic acids is 1. The Hall–Kier alpha value is -3.78. The van der Waals surface area contributed by atoms with Crippen molar-refractivity contribution in [3.05, 3.63) is 93.0 Å². The van der Waals surface area contributed by atoms with Crippen molar-refractivity contribution < 1.29 is 14.5 Å². The lowest BCUT2D eigenvalue weighted by molar-refractivity contribution is -0.385. The summed E-state index contributed by atoms with van der Waals surface area (Å²) in [5, 5.41) is 14.9. The molecule has 1 heterocycles. The molecule has 0 saturated carbocycles. The van der Waals surface area contributed by atoms with E-state index in [1.165, 1.54) is 25.3 Å². The summed E-state index contributed by atoms with van der Waals surface area (Å²) in [5.74, 6) is -0.324. The van der Waals surface area contributed by atoms with E-state index in [-0.39, 0.29) is 17.0 Å². The Morgan fingerprint density at radius 3 is 2.60 bits per heavy atom. The molecule has 30 heavy (non-hydrogen) atoms. The lowest BCUT2D eigenvalue weighted by Crippen LogP contribution is -2.12. The highest BCUT2D eigenvalue weighted by atomic mass is 32.1. The Morgan fingerprint density at radius 1 is 1.13 bits per heavy atom. The zero-order valence-electron chi connectivity index (χ0n) is 16.0. The highest BCUT2D eigenvalue weighted by Gasteiger charge is 2.18. The van der Waals surface area contributed by atoms with E-state index < -0.39 is 10.8 Å². The molecule has 4 rings (SSSR count). The van der Waals surface area contributed by atoms with Crippen LogP contribution in [0.15, 0.2) is 66.7 Å². The number of benzene rings is 3. The molecule has 0 saturated heterocycles. The van der Waals surface area contributed by atoms with Gasteiger partial charge in [-0.2, -0.15) is 0 Å². The van der Waals surface area contributed by atoms with Crippen LogP contribution in [0.1, 0.15) is 20.9 Å². The Labute approximate surface area is 176 Å². The molecule has 4 aromatic rings. The maximum absolute atomic E-state index is 12.5. The predicted molar refractivity (Wildman–Crippen MR) is 116 cm³/mol. The molecule has 0 aliphatic heterocycles. The largest absolute Gasteiger partial charge is 0.490 e. The number of anilines is 1. The smallest absolute Gasteiger partial charge is 0.311 e. The van der Waals surface area contributed by atoms with Gasteiger partial charge in [0, 0.05) is 23.7 Å². The number of nitrogens with zero attached hydrogens (tertiary/aromatic N) is 2. The van der Waals surface area contributed by atoms with Crippen LogP contribution >= 0.6 is 11.3 Å². The van der Waals surface area contributed by atoms with Crippen molar-refractivity contribution in [3.8, 4) is 5.75 Å². The van der Waals surface area contributed by atoms with Crippen molar-refractivity contribution in [2.45, 2.75) is 6.42 Å². The molecule has 3 aromatic carbocycles. The topological polar surface area (TPSA) is 94.4 Å². The van der Waals surface area contributed by atoms with Gasteiger partial charge in [-0.15, -0.1) is 11.3 Å². The van der Waals surface area contributed by atoms with Gasteiger partial charge in [0.25, 0.3) is 5.91 Å². The van der Waals surface area contributed by atoms with Crippen molar-refractivity contribution in [1.29, 1.82) is 0 Å². The molecular weight excluding hydrogens is 402 g/mol. The van der Waals surface area contributed by atoms with E-state index in [0.717, 1.165) is 20.8 Å². The molecule has 7 nitrogen and oxygen atoms in total. The van der Waals surface area contributed by atoms with E-state index in [1.54, 1.807) is 23.5 Å². The second-order valence-electron chi connectivity index (χ2n) is 6.55. The van der Waals surface area contributed by atoms with Crippen LogP contribution in [-0.2, 0) is 6.42 Å². The van der Waals surface area contributed by atoms with Gasteiger partial charge >= 0.3 is 5.69 Å². The standard InChI is InChI=1S/C22H17N3O4S/c1-29-19-11-8-15(13-18(19)25(27)28)22(26)23-16-9-6-14(7-10-16)12-21-24-17-4-2-3-5-20(17)30-21/h2-11,13H,12H2,1H3,(H,23,26). The zero-order valence-corrected chi connectivity index (χ0v) is 16.8. The summed E-state index contributed by atoms with van der Waals surface area (Å²) < 4.78 is 6.12. The van der Waals surface area contributed by atoms with Gasteiger partial charge in [-0.1, -0.05) is 24.3 Å². The van der Waals surface area contributed by atoms with Crippen LogP contribution in [-0.4, -0.2) is 22.9 Å². The number of nitro groups is 1. The fraction of sp³-hybridized carbons (Fsp3) is 0.0909. The molecule has 1 N–H and O–H groups in total. The Balaban J connectivity index is 1.46. The van der Waals surface area contributed by atoms with Crippen molar-refractivity contribution >= 4 is 38.8 Å². The molecule has 1 aromatic heterocycles. The Morgan fingerprint density at radius 2 is 1.90 bits per heavy atom. The molecule has 1 amide bonds. The number of fused-ring (bicyclic) bond motifs is 1. The van der Waals surface area contributed by atoms with Crippen molar-refractivity contribution in [2.75, 3.05) is 12.4 Å². The maximum Gasteiger partial charge on any atom is 0.311 e. The second-order valence-corrected chi connectivity index (χ2v) is 7.66. The van der Waals surface area contributed by atoms with Gasteiger partial charge < -0.3 is 10.1 Å². The summed E-state index contributed by atoms with van der Waals surface area (Å²) in [6, 6.07) is 19.6. The minimum absolute atomic E-state index is 0.107. The Bertz CT molecular complexity index is 1200. The van der Waals surface area contributed by atoms with Gasteiger partial charge in [0.2, 0.25) is 0 Å². The minimum atomic E-state index is -0.577. The average Bonchev–Trinajstić information content (AvgIpc) is 3.16. The summed E-state index contributed by atoms with van der Waals surface area (Å²) in [5.41, 5.74) is 2.60. The fourth-order valence-electron chi connectivity index (χ4n) is 3.05. The number of methoxy groups -OCH3 is 1. The molecule has 150 valence electrons. The number of ether oxygens (including phenoxy) is 1. The van der Waals surface area contributed by atoms with E-state index in [2.05, 4.69) is 16.4 Å². The number of aromatic nitrogens is 1. The summed E-state index contributed by atoms with van der Waals surface area (Å²) in [6.45, 7) is 0. The van der Waals surface area contributed by atoms with Gasteiger partial charge in [-0.25, -0.2) is 4.98 Å². The number of hydrogen-bond acceptors (Lipinski definition) is 6. The highest BCUT2D eigenvalue weighted by Crippen LogP contribution is 2.28. The quantitative estimate of drug-likeness (QED) is 0.348. The van der Waals surface area contributed by atoms with Gasteiger partial charge in [-0.05, 0) is 42.0 Å². The molecule has 0 unspecified atom stereocenters. The van der Waals surface area contributed by atoms with Crippen LogP contribution in [0.4, 0.5) is 11.4 Å². The summed E-state index contributed by atoms with van der Waals surface area (Å²) >= 11 is 1.66. The third kappa shape index (κ3) is 4.13. The van der Waals surface area contributed by atoms with Crippen LogP contribution < -0.4 is 10.1 Å². The minimum Gasteiger partial charge on any atom is -0.490 e. The van der Waals surface area contributed by atoms with Crippen LogP contribution in [0.2, 0.25) is 0 Å². The molecule has 0 atom stereocenters. The van der Waals surface area contributed by atoms with Crippen LogP contribution in [0.25, 0.3) is 10.2 Å². The number of carbonyl (C=O) groups is 1. The Kier molecular flexibility index (Phi) is 5.40. The normalized spacial score (nSPS) is 10.7. The number of nitro benzene ring substituents is 1. The molecular formula is C22H17N3O4S. The van der Waals surface area contributed by atoms with Gasteiger partial charge in [0.1, 0.15) is 0 Å². The third-order valence-corrected chi connectivity index (χ3v) is 5.58. The van der Waals surface area contributed by atoms with Gasteiger partial charge in [0.05, 0.1) is 27.3 Å². The van der Waals surface area contributed by atoms with E-state index in [4.69, 9.17) is 4.74 Å². The molecule has 0 bridgehead atoms. The van der Waals surface area contributed by atoms with E-state index in [1.807, 2.05) is 30.3 Å². The first-order valence-electron chi connectivity index (χ1n) is 9.10. The maximum atomic E-state index is 12.5. The highest BCUT2D eigenvalue weighted by molar-refractivity contribution is 7.18. The van der Waals surface area contributed by atoms with Crippen molar-refractivity contribution in [2.24, 2.45) is 0 Å². The van der Waals surface area contributed by atoms with Crippen molar-refractivity contribution in [3.63, 3.8) is 0 Å². The first-order chi connectivity index (χ1) is 14.5. The third-order valence-electron chi connectivity index (χ3n) is 4.54. The van der Waals surface area contributed by atoms with Crippen LogP contribution in [0, 0.1) is 10.1 Å². The lowest BCUT2D eigenvalue weighted by atomic mass is 10.1.